The lowest BCUT2D eigenvalue weighted by Crippen LogP contribution is -2.11. The van der Waals surface area contributed by atoms with E-state index in [1.165, 1.54) is 0 Å². The van der Waals surface area contributed by atoms with Gasteiger partial charge in [-0.15, -0.1) is 12.6 Å². The number of rotatable bonds is 3. The van der Waals surface area contributed by atoms with E-state index < -0.39 is 17.2 Å². The molecule has 0 fully saturated rings. The number of thiol groups is 1. The highest BCUT2D eigenvalue weighted by Crippen LogP contribution is 2.14. The van der Waals surface area contributed by atoms with Crippen LogP contribution in [-0.4, -0.2) is 30.9 Å². The van der Waals surface area contributed by atoms with E-state index in [1.807, 2.05) is 0 Å². The van der Waals surface area contributed by atoms with Gasteiger partial charge in [-0.2, -0.15) is 0 Å². The van der Waals surface area contributed by atoms with Gasteiger partial charge in [0.05, 0.1) is 0 Å². The molecule has 0 aliphatic carbocycles. The molecule has 0 radical (unpaired) electrons. The van der Waals surface area contributed by atoms with E-state index in [0.717, 1.165) is 11.8 Å². The molecule has 7 heteroatoms. The molecule has 0 aromatic heterocycles. The molecule has 2 N–H and O–H groups in total. The summed E-state index contributed by atoms with van der Waals surface area (Å²) in [5.74, 6) is -1.61. The molecular weight excluding hydrogens is 244 g/mol. The third kappa shape index (κ3) is 14.3. The van der Waals surface area contributed by atoms with Crippen LogP contribution >= 0.6 is 36.6 Å². The Morgan fingerprint density at radius 1 is 1.50 bits per heavy atom. The molecular formula is C7H12O4S3. The number of hydrogen-bond acceptors (Lipinski definition) is 4. The predicted molar refractivity (Wildman–Crippen MR) is 64.2 cm³/mol. The van der Waals surface area contributed by atoms with Crippen LogP contribution in [0.1, 0.15) is 20.3 Å². The Balaban J connectivity index is 0. The Kier molecular flexibility index (Phi) is 10.7. The van der Waals surface area contributed by atoms with Gasteiger partial charge in [-0.3, -0.25) is 9.59 Å². The highest BCUT2D eigenvalue weighted by atomic mass is 32.2. The quantitative estimate of drug-likeness (QED) is 0.529. The van der Waals surface area contributed by atoms with Gasteiger partial charge in [-0.25, -0.2) is 0 Å². The molecule has 0 aliphatic rings. The summed E-state index contributed by atoms with van der Waals surface area (Å²) in [4.78, 5) is 19.5. The average molecular weight is 256 g/mol. The van der Waals surface area contributed by atoms with Crippen molar-refractivity contribution >= 4 is 52.1 Å². The first-order chi connectivity index (χ1) is 6.31. The van der Waals surface area contributed by atoms with Gasteiger partial charge < -0.3 is 10.2 Å². The van der Waals surface area contributed by atoms with E-state index in [1.54, 1.807) is 13.8 Å². The van der Waals surface area contributed by atoms with Gasteiger partial charge in [-0.1, -0.05) is 30.9 Å². The molecule has 0 saturated heterocycles. The topological polar surface area (TPSA) is 74.6 Å². The van der Waals surface area contributed by atoms with Crippen LogP contribution < -0.4 is 0 Å². The fourth-order valence-electron chi connectivity index (χ4n) is 0.202. The molecule has 82 valence electrons. The molecule has 0 aliphatic heterocycles. The molecule has 0 aromatic rings. The Labute approximate surface area is 97.5 Å². The van der Waals surface area contributed by atoms with E-state index in [0.29, 0.717) is 3.53 Å². The standard InChI is InChI=1S/C4H6O2S3.C3H6O2/c1-2(3(5)6)9-4(7)8;1-2-3(4)5/h2H,1H3,(H,5,6)(H,7,8);2H2,1H3,(H,4,5). The minimum absolute atomic E-state index is 0.222. The second-order valence-electron chi connectivity index (χ2n) is 2.11. The van der Waals surface area contributed by atoms with Gasteiger partial charge >= 0.3 is 11.9 Å². The van der Waals surface area contributed by atoms with Crippen molar-refractivity contribution in [2.24, 2.45) is 0 Å². The average Bonchev–Trinajstić information content (AvgIpc) is 2.04. The Bertz CT molecular complexity index is 217. The minimum atomic E-state index is -0.864. The monoisotopic (exact) mass is 256 g/mol. The van der Waals surface area contributed by atoms with Crippen molar-refractivity contribution in [3.8, 4) is 0 Å². The summed E-state index contributed by atoms with van der Waals surface area (Å²) in [6.07, 6.45) is 0.222. The molecule has 4 nitrogen and oxygen atoms in total. The SMILES string of the molecule is CC(SC(=S)S)C(=O)O.CCC(=O)O. The Morgan fingerprint density at radius 3 is 1.93 bits per heavy atom. The summed E-state index contributed by atoms with van der Waals surface area (Å²) >= 11 is 9.38. The van der Waals surface area contributed by atoms with Crippen LogP contribution in [0.4, 0.5) is 0 Å². The van der Waals surface area contributed by atoms with Gasteiger partial charge in [0.25, 0.3) is 0 Å². The summed E-state index contributed by atoms with van der Waals surface area (Å²) in [6.45, 7) is 3.16. The predicted octanol–water partition coefficient (Wildman–Crippen LogP) is 1.89. The molecule has 1 unspecified atom stereocenters. The van der Waals surface area contributed by atoms with Crippen LogP contribution in [0.25, 0.3) is 0 Å². The van der Waals surface area contributed by atoms with Gasteiger partial charge in [0.1, 0.15) is 8.78 Å². The fourth-order valence-corrected chi connectivity index (χ4v) is 1.51. The van der Waals surface area contributed by atoms with E-state index in [2.05, 4.69) is 24.8 Å². The minimum Gasteiger partial charge on any atom is -0.481 e. The number of carboxylic acid groups (broad SMARTS) is 2. The summed E-state index contributed by atoms with van der Waals surface area (Å²) in [5, 5.41) is 15.5. The van der Waals surface area contributed by atoms with Crippen molar-refractivity contribution in [2.75, 3.05) is 0 Å². The molecule has 0 aromatic carbocycles. The molecule has 0 heterocycles. The van der Waals surface area contributed by atoms with Crippen molar-refractivity contribution in [3.05, 3.63) is 0 Å². The molecule has 0 rings (SSSR count). The summed E-state index contributed by atoms with van der Waals surface area (Å²) in [7, 11) is 0. The first-order valence-electron chi connectivity index (χ1n) is 3.65. The number of aliphatic carboxylic acids is 2. The maximum Gasteiger partial charge on any atom is 0.316 e. The first-order valence-corrected chi connectivity index (χ1v) is 5.38. The van der Waals surface area contributed by atoms with Crippen molar-refractivity contribution in [2.45, 2.75) is 25.5 Å². The number of carboxylic acids is 2. The Hall–Kier alpha value is -0.270. The van der Waals surface area contributed by atoms with Gasteiger partial charge in [0.15, 0.2) is 0 Å². The fraction of sp³-hybridized carbons (Fsp3) is 0.571. The highest BCUT2D eigenvalue weighted by Gasteiger charge is 2.11. The second-order valence-corrected chi connectivity index (χ2v) is 5.18. The summed E-state index contributed by atoms with van der Waals surface area (Å²) < 4.78 is 0.366. The normalized spacial score (nSPS) is 10.8. The molecule has 14 heavy (non-hydrogen) atoms. The molecule has 0 spiro atoms. The number of hydrogen-bond donors (Lipinski definition) is 3. The zero-order valence-electron chi connectivity index (χ0n) is 7.76. The van der Waals surface area contributed by atoms with Crippen molar-refractivity contribution in [3.63, 3.8) is 0 Å². The van der Waals surface area contributed by atoms with E-state index >= 15 is 0 Å². The smallest absolute Gasteiger partial charge is 0.316 e. The Morgan fingerprint density at radius 2 is 1.86 bits per heavy atom. The first kappa shape index (κ1) is 16.2. The molecule has 0 amide bonds. The van der Waals surface area contributed by atoms with Crippen LogP contribution in [0.3, 0.4) is 0 Å². The number of thioether (sulfide) groups is 1. The van der Waals surface area contributed by atoms with Gasteiger partial charge in [0, 0.05) is 6.42 Å². The van der Waals surface area contributed by atoms with Crippen molar-refractivity contribution in [1.82, 2.24) is 0 Å². The highest BCUT2D eigenvalue weighted by molar-refractivity contribution is 8.42. The largest absolute Gasteiger partial charge is 0.481 e. The third-order valence-electron chi connectivity index (χ3n) is 0.928. The van der Waals surface area contributed by atoms with Crippen LogP contribution in [0.2, 0.25) is 0 Å². The molecule has 0 bridgehead atoms. The second kappa shape index (κ2) is 9.29. The van der Waals surface area contributed by atoms with Crippen molar-refractivity contribution in [1.29, 1.82) is 0 Å². The van der Waals surface area contributed by atoms with Crippen LogP contribution in [0.15, 0.2) is 0 Å². The number of carbonyl (C=O) groups is 2. The zero-order chi connectivity index (χ0) is 11.7. The van der Waals surface area contributed by atoms with E-state index in [-0.39, 0.29) is 6.42 Å². The van der Waals surface area contributed by atoms with E-state index in [9.17, 15) is 9.59 Å². The maximum absolute atomic E-state index is 10.1. The summed E-state index contributed by atoms with van der Waals surface area (Å²) in [6, 6.07) is 0. The lowest BCUT2D eigenvalue weighted by atomic mass is 10.5. The lowest BCUT2D eigenvalue weighted by molar-refractivity contribution is -0.137. The maximum atomic E-state index is 10.1. The summed E-state index contributed by atoms with van der Waals surface area (Å²) in [5.41, 5.74) is 0. The van der Waals surface area contributed by atoms with Crippen molar-refractivity contribution < 1.29 is 19.8 Å². The van der Waals surface area contributed by atoms with Crippen LogP contribution in [0.5, 0.6) is 0 Å². The molecule has 1 atom stereocenters. The number of thiocarbonyl (C=S) groups is 1. The lowest BCUT2D eigenvalue weighted by Gasteiger charge is -2.00. The van der Waals surface area contributed by atoms with Crippen LogP contribution in [-0.2, 0) is 9.59 Å². The molecule has 0 saturated carbocycles. The van der Waals surface area contributed by atoms with Gasteiger partial charge in [0.2, 0.25) is 0 Å². The van der Waals surface area contributed by atoms with Gasteiger partial charge in [-0.05, 0) is 6.92 Å². The zero-order valence-corrected chi connectivity index (χ0v) is 10.3. The van der Waals surface area contributed by atoms with E-state index in [4.69, 9.17) is 10.2 Å². The third-order valence-corrected chi connectivity index (χ3v) is 2.29. The van der Waals surface area contributed by atoms with Crippen LogP contribution in [0, 0.1) is 0 Å².